The van der Waals surface area contributed by atoms with Gasteiger partial charge in [0, 0.05) is 75.9 Å². The van der Waals surface area contributed by atoms with Crippen LogP contribution in [0.3, 0.4) is 0 Å². The Morgan fingerprint density at radius 1 is 0.457 bits per heavy atom. The van der Waals surface area contributed by atoms with Crippen molar-refractivity contribution in [3.63, 3.8) is 0 Å². The number of hydrogen-bond acceptors (Lipinski definition) is 4. The molecule has 2 heterocycles. The highest BCUT2D eigenvalue weighted by atomic mass is 15.1. The van der Waals surface area contributed by atoms with Crippen molar-refractivity contribution in [2.24, 2.45) is 0 Å². The van der Waals surface area contributed by atoms with Gasteiger partial charge in [-0.3, -0.25) is 19.8 Å². The highest BCUT2D eigenvalue weighted by Gasteiger charge is 2.21. The minimum absolute atomic E-state index is 0.926. The van der Waals surface area contributed by atoms with Crippen LogP contribution in [0, 0.1) is 0 Å². The normalized spacial score (nSPS) is 11.4. The smallest absolute Gasteiger partial charge is 0.0416 e. The van der Waals surface area contributed by atoms with E-state index in [2.05, 4.69) is 132 Å². The van der Waals surface area contributed by atoms with Crippen LogP contribution in [0.4, 0.5) is 0 Å². The molecule has 0 bridgehead atoms. The summed E-state index contributed by atoms with van der Waals surface area (Å²) in [6.45, 7) is 12.7. The summed E-state index contributed by atoms with van der Waals surface area (Å²) in [7, 11) is 0. The lowest BCUT2D eigenvalue weighted by Gasteiger charge is -2.30. The molecule has 0 aliphatic carbocycles. The van der Waals surface area contributed by atoms with Gasteiger partial charge in [0.25, 0.3) is 0 Å². The molecule has 5 aromatic rings. The number of aryl methyl sites for hydroxylation is 2. The van der Waals surface area contributed by atoms with Crippen LogP contribution in [0.15, 0.2) is 116 Å². The highest BCUT2D eigenvalue weighted by molar-refractivity contribution is 5.47. The van der Waals surface area contributed by atoms with Crippen LogP contribution in [0.2, 0.25) is 0 Å². The Morgan fingerprint density at radius 3 is 1.26 bits per heavy atom. The SMILES string of the molecule is CCc1cc(CC)c(CN(CCc2ccccn2)Cc2ccccc2)c(CC)c1CN(CCc1ccccn1)Cc1ccccc1. The van der Waals surface area contributed by atoms with Crippen molar-refractivity contribution in [3.05, 3.63) is 166 Å². The fourth-order valence-corrected chi connectivity index (χ4v) is 6.60. The Kier molecular flexibility index (Phi) is 12.7. The van der Waals surface area contributed by atoms with Gasteiger partial charge in [-0.05, 0) is 82.5 Å². The Morgan fingerprint density at radius 2 is 0.891 bits per heavy atom. The summed E-state index contributed by atoms with van der Waals surface area (Å²) in [4.78, 5) is 14.5. The second-order valence-corrected chi connectivity index (χ2v) is 12.2. The molecule has 4 nitrogen and oxygen atoms in total. The minimum Gasteiger partial charge on any atom is -0.294 e. The van der Waals surface area contributed by atoms with Crippen molar-refractivity contribution < 1.29 is 0 Å². The van der Waals surface area contributed by atoms with E-state index in [1.807, 2.05) is 24.5 Å². The van der Waals surface area contributed by atoms with Gasteiger partial charge in [0.15, 0.2) is 0 Å². The molecule has 5 rings (SSSR count). The van der Waals surface area contributed by atoms with E-state index < -0.39 is 0 Å². The standard InChI is InChI=1S/C42H50N4/c1-4-36-29-37(5-2)42(33-46(31-35-19-11-8-12-20-35)28-24-39-22-14-16-26-44-39)40(6-3)41(36)32-45(30-34-17-9-7-10-18-34)27-23-38-21-13-15-25-43-38/h7-22,25-26,29H,4-6,23-24,27-28,30-33H2,1-3H3. The summed E-state index contributed by atoms with van der Waals surface area (Å²) in [6.07, 6.45) is 8.82. The first-order chi connectivity index (χ1) is 22.7. The van der Waals surface area contributed by atoms with Gasteiger partial charge >= 0.3 is 0 Å². The Bertz CT molecular complexity index is 1470. The fraction of sp³-hybridized carbons (Fsp3) is 0.333. The van der Waals surface area contributed by atoms with Gasteiger partial charge in [0.05, 0.1) is 0 Å². The molecule has 0 atom stereocenters. The average molecular weight is 611 g/mol. The van der Waals surface area contributed by atoms with Crippen molar-refractivity contribution in [2.75, 3.05) is 13.1 Å². The zero-order valence-electron chi connectivity index (χ0n) is 28.0. The Balaban J connectivity index is 1.48. The fourth-order valence-electron chi connectivity index (χ4n) is 6.60. The zero-order chi connectivity index (χ0) is 32.0. The summed E-state index contributed by atoms with van der Waals surface area (Å²) in [5.74, 6) is 0. The molecule has 238 valence electrons. The second-order valence-electron chi connectivity index (χ2n) is 12.2. The van der Waals surface area contributed by atoms with E-state index in [4.69, 9.17) is 0 Å². The van der Waals surface area contributed by atoms with Gasteiger partial charge in [-0.25, -0.2) is 0 Å². The van der Waals surface area contributed by atoms with Crippen molar-refractivity contribution in [2.45, 2.75) is 79.1 Å². The summed E-state index contributed by atoms with van der Waals surface area (Å²) in [5, 5.41) is 0. The topological polar surface area (TPSA) is 32.3 Å². The van der Waals surface area contributed by atoms with Crippen molar-refractivity contribution in [1.29, 1.82) is 0 Å². The summed E-state index contributed by atoms with van der Waals surface area (Å²) in [5.41, 5.74) is 12.6. The van der Waals surface area contributed by atoms with E-state index in [1.165, 1.54) is 33.4 Å². The third kappa shape index (κ3) is 9.45. The lowest BCUT2D eigenvalue weighted by molar-refractivity contribution is 0.252. The van der Waals surface area contributed by atoms with Crippen LogP contribution < -0.4 is 0 Å². The van der Waals surface area contributed by atoms with Crippen LogP contribution in [0.5, 0.6) is 0 Å². The Hall–Kier alpha value is -4.12. The molecule has 0 aliphatic rings. The number of pyridine rings is 2. The maximum atomic E-state index is 4.64. The number of rotatable bonds is 17. The molecule has 4 heteroatoms. The number of hydrogen-bond donors (Lipinski definition) is 0. The number of benzene rings is 3. The lowest BCUT2D eigenvalue weighted by atomic mass is 9.87. The van der Waals surface area contributed by atoms with Crippen LogP contribution in [-0.4, -0.2) is 32.9 Å². The molecule has 0 fully saturated rings. The molecule has 46 heavy (non-hydrogen) atoms. The van der Waals surface area contributed by atoms with E-state index in [-0.39, 0.29) is 0 Å². The van der Waals surface area contributed by atoms with E-state index in [0.29, 0.717) is 0 Å². The monoisotopic (exact) mass is 610 g/mol. The van der Waals surface area contributed by atoms with E-state index in [0.717, 1.165) is 82.8 Å². The molecular weight excluding hydrogens is 560 g/mol. The molecular formula is C42H50N4. The molecule has 0 unspecified atom stereocenters. The quantitative estimate of drug-likeness (QED) is 0.105. The van der Waals surface area contributed by atoms with Crippen LogP contribution >= 0.6 is 0 Å². The second kappa shape index (κ2) is 17.5. The van der Waals surface area contributed by atoms with Gasteiger partial charge < -0.3 is 0 Å². The maximum absolute atomic E-state index is 4.64. The van der Waals surface area contributed by atoms with Crippen molar-refractivity contribution in [1.82, 2.24) is 19.8 Å². The van der Waals surface area contributed by atoms with Gasteiger partial charge in [-0.1, -0.05) is 99.6 Å². The molecule has 0 spiro atoms. The maximum Gasteiger partial charge on any atom is 0.0416 e. The first-order valence-corrected chi connectivity index (χ1v) is 17.1. The first kappa shape index (κ1) is 33.2. The highest BCUT2D eigenvalue weighted by Crippen LogP contribution is 2.29. The zero-order valence-corrected chi connectivity index (χ0v) is 28.0. The lowest BCUT2D eigenvalue weighted by Crippen LogP contribution is -2.29. The van der Waals surface area contributed by atoms with Crippen molar-refractivity contribution >= 4 is 0 Å². The molecule has 0 N–H and O–H groups in total. The molecule has 3 aromatic carbocycles. The van der Waals surface area contributed by atoms with E-state index >= 15 is 0 Å². The van der Waals surface area contributed by atoms with Crippen LogP contribution in [-0.2, 0) is 58.3 Å². The third-order valence-electron chi connectivity index (χ3n) is 9.05. The Labute approximate surface area is 277 Å². The first-order valence-electron chi connectivity index (χ1n) is 17.1. The minimum atomic E-state index is 0.926. The average Bonchev–Trinajstić information content (AvgIpc) is 3.11. The predicted molar refractivity (Wildman–Crippen MR) is 192 cm³/mol. The summed E-state index contributed by atoms with van der Waals surface area (Å²) in [6, 6.07) is 36.9. The van der Waals surface area contributed by atoms with Crippen LogP contribution in [0.1, 0.15) is 71.1 Å². The predicted octanol–water partition coefficient (Wildman–Crippen LogP) is 8.65. The van der Waals surface area contributed by atoms with Gasteiger partial charge in [0.1, 0.15) is 0 Å². The molecule has 0 amide bonds. The third-order valence-corrected chi connectivity index (χ3v) is 9.05. The van der Waals surface area contributed by atoms with E-state index in [1.54, 1.807) is 5.56 Å². The summed E-state index contributed by atoms with van der Waals surface area (Å²) >= 11 is 0. The summed E-state index contributed by atoms with van der Waals surface area (Å²) < 4.78 is 0. The molecule has 0 aliphatic heterocycles. The number of nitrogens with zero attached hydrogens (tertiary/aromatic N) is 4. The van der Waals surface area contributed by atoms with Gasteiger partial charge in [0.2, 0.25) is 0 Å². The van der Waals surface area contributed by atoms with Gasteiger partial charge in [-0.15, -0.1) is 0 Å². The largest absolute Gasteiger partial charge is 0.294 e. The number of aromatic nitrogens is 2. The molecule has 0 saturated carbocycles. The molecule has 0 saturated heterocycles. The molecule has 2 aromatic heterocycles. The van der Waals surface area contributed by atoms with Gasteiger partial charge in [-0.2, -0.15) is 0 Å². The molecule has 0 radical (unpaired) electrons. The van der Waals surface area contributed by atoms with E-state index in [9.17, 15) is 0 Å². The van der Waals surface area contributed by atoms with Crippen LogP contribution in [0.25, 0.3) is 0 Å². The van der Waals surface area contributed by atoms with Crippen molar-refractivity contribution in [3.8, 4) is 0 Å².